The molecule has 3 heteroatoms. The van der Waals surface area contributed by atoms with Gasteiger partial charge in [0.25, 0.3) is 0 Å². The zero-order chi connectivity index (χ0) is 12.8. The van der Waals surface area contributed by atoms with Crippen molar-refractivity contribution in [2.45, 2.75) is 57.9 Å². The van der Waals surface area contributed by atoms with Gasteiger partial charge < -0.3 is 5.32 Å². The molecule has 1 saturated carbocycles. The van der Waals surface area contributed by atoms with Crippen LogP contribution in [0, 0.1) is 5.92 Å². The Balaban J connectivity index is 1.83. The second kappa shape index (κ2) is 7.66. The second-order valence-electron chi connectivity index (χ2n) is 5.38. The Bertz CT molecular complexity index is 344. The zero-order valence-corrected chi connectivity index (χ0v) is 13.7. The molecule has 0 aliphatic heterocycles. The lowest BCUT2D eigenvalue weighted by Crippen LogP contribution is -2.36. The maximum atomic E-state index is 3.78. The largest absolute Gasteiger partial charge is 0.314 e. The molecule has 18 heavy (non-hydrogen) atoms. The van der Waals surface area contributed by atoms with Crippen molar-refractivity contribution in [1.82, 2.24) is 5.32 Å². The standard InChI is InChI=1S/C15H24BrNS/c1-2-9-17-15(12-5-3-4-6-12)8-7-14-10-13(16)11-18-14/h10-12,15,17H,2-9H2,1H3. The average Bonchev–Trinajstić information content (AvgIpc) is 3.01. The Morgan fingerprint density at radius 2 is 2.22 bits per heavy atom. The van der Waals surface area contributed by atoms with Crippen LogP contribution in [0.3, 0.4) is 0 Å². The summed E-state index contributed by atoms with van der Waals surface area (Å²) in [7, 11) is 0. The highest BCUT2D eigenvalue weighted by molar-refractivity contribution is 9.10. The Hall–Kier alpha value is 0.140. The topological polar surface area (TPSA) is 12.0 Å². The molecule has 0 amide bonds. The molecule has 1 aliphatic rings. The molecule has 1 N–H and O–H groups in total. The number of thiophene rings is 1. The van der Waals surface area contributed by atoms with Crippen molar-refractivity contribution in [3.05, 3.63) is 20.8 Å². The molecule has 1 aliphatic carbocycles. The zero-order valence-electron chi connectivity index (χ0n) is 11.3. The van der Waals surface area contributed by atoms with Crippen molar-refractivity contribution in [3.8, 4) is 0 Å². The van der Waals surface area contributed by atoms with Crippen LogP contribution in [0.1, 0.15) is 50.3 Å². The van der Waals surface area contributed by atoms with Crippen LogP contribution in [0.5, 0.6) is 0 Å². The number of nitrogens with one attached hydrogen (secondary N) is 1. The van der Waals surface area contributed by atoms with E-state index in [1.54, 1.807) is 0 Å². The summed E-state index contributed by atoms with van der Waals surface area (Å²) in [6.07, 6.45) is 9.55. The minimum absolute atomic E-state index is 0.744. The van der Waals surface area contributed by atoms with E-state index in [1.165, 1.54) is 60.8 Å². The Kier molecular flexibility index (Phi) is 6.19. The molecule has 1 heterocycles. The maximum absolute atomic E-state index is 3.78. The lowest BCUT2D eigenvalue weighted by atomic mass is 9.93. The van der Waals surface area contributed by atoms with Crippen molar-refractivity contribution >= 4 is 27.3 Å². The minimum atomic E-state index is 0.744. The van der Waals surface area contributed by atoms with Gasteiger partial charge in [-0.3, -0.25) is 0 Å². The molecule has 0 radical (unpaired) electrons. The fraction of sp³-hybridized carbons (Fsp3) is 0.733. The van der Waals surface area contributed by atoms with Crippen LogP contribution in [0.15, 0.2) is 15.9 Å². The van der Waals surface area contributed by atoms with Crippen molar-refractivity contribution in [2.75, 3.05) is 6.54 Å². The Morgan fingerprint density at radius 1 is 1.44 bits per heavy atom. The van der Waals surface area contributed by atoms with Gasteiger partial charge in [0.15, 0.2) is 0 Å². The van der Waals surface area contributed by atoms with Gasteiger partial charge in [-0.25, -0.2) is 0 Å². The van der Waals surface area contributed by atoms with E-state index in [0.717, 1.165) is 12.0 Å². The molecule has 1 aromatic rings. The third kappa shape index (κ3) is 4.36. The fourth-order valence-corrected chi connectivity index (χ4v) is 4.45. The summed E-state index contributed by atoms with van der Waals surface area (Å²) in [6, 6.07) is 3.02. The molecule has 0 aromatic carbocycles. The highest BCUT2D eigenvalue weighted by Gasteiger charge is 2.24. The summed E-state index contributed by atoms with van der Waals surface area (Å²) in [4.78, 5) is 1.52. The van der Waals surface area contributed by atoms with Crippen LogP contribution in [0.25, 0.3) is 0 Å². The van der Waals surface area contributed by atoms with Crippen LogP contribution >= 0.6 is 27.3 Å². The Labute approximate surface area is 123 Å². The molecule has 1 aromatic heterocycles. The normalized spacial score (nSPS) is 18.3. The van der Waals surface area contributed by atoms with E-state index < -0.39 is 0 Å². The van der Waals surface area contributed by atoms with E-state index in [2.05, 4.69) is 39.6 Å². The molecular weight excluding hydrogens is 306 g/mol. The van der Waals surface area contributed by atoms with E-state index in [9.17, 15) is 0 Å². The van der Waals surface area contributed by atoms with Gasteiger partial charge in [0.1, 0.15) is 0 Å². The summed E-state index contributed by atoms with van der Waals surface area (Å²) in [5, 5.41) is 5.98. The van der Waals surface area contributed by atoms with Gasteiger partial charge in [0.05, 0.1) is 0 Å². The van der Waals surface area contributed by atoms with E-state index in [-0.39, 0.29) is 0 Å². The van der Waals surface area contributed by atoms with Crippen LogP contribution in [-0.4, -0.2) is 12.6 Å². The third-order valence-electron chi connectivity index (χ3n) is 3.95. The number of hydrogen-bond donors (Lipinski definition) is 1. The van der Waals surface area contributed by atoms with E-state index >= 15 is 0 Å². The summed E-state index contributed by atoms with van der Waals surface area (Å²) < 4.78 is 1.24. The third-order valence-corrected chi connectivity index (χ3v) is 5.71. The van der Waals surface area contributed by atoms with E-state index in [4.69, 9.17) is 0 Å². The number of halogens is 1. The van der Waals surface area contributed by atoms with Gasteiger partial charge in [-0.1, -0.05) is 19.8 Å². The van der Waals surface area contributed by atoms with Gasteiger partial charge >= 0.3 is 0 Å². The molecule has 0 saturated heterocycles. The maximum Gasteiger partial charge on any atom is 0.0285 e. The van der Waals surface area contributed by atoms with Gasteiger partial charge in [0, 0.05) is 20.8 Å². The molecule has 0 spiro atoms. The molecule has 0 bridgehead atoms. The highest BCUT2D eigenvalue weighted by Crippen LogP contribution is 2.30. The van der Waals surface area contributed by atoms with Gasteiger partial charge in [-0.15, -0.1) is 11.3 Å². The van der Waals surface area contributed by atoms with Gasteiger partial charge in [-0.05, 0) is 66.6 Å². The molecule has 2 rings (SSSR count). The molecule has 1 fully saturated rings. The quantitative estimate of drug-likeness (QED) is 0.742. The number of hydrogen-bond acceptors (Lipinski definition) is 2. The lowest BCUT2D eigenvalue weighted by molar-refractivity contribution is 0.341. The lowest BCUT2D eigenvalue weighted by Gasteiger charge is -2.24. The molecule has 102 valence electrons. The molecule has 1 nitrogen and oxygen atoms in total. The average molecular weight is 330 g/mol. The number of rotatable bonds is 7. The monoisotopic (exact) mass is 329 g/mol. The fourth-order valence-electron chi connectivity index (χ4n) is 2.98. The summed E-state index contributed by atoms with van der Waals surface area (Å²) in [5.41, 5.74) is 0. The van der Waals surface area contributed by atoms with E-state index in [0.29, 0.717) is 0 Å². The predicted molar refractivity (Wildman–Crippen MR) is 84.4 cm³/mol. The van der Waals surface area contributed by atoms with Crippen molar-refractivity contribution in [3.63, 3.8) is 0 Å². The van der Waals surface area contributed by atoms with Crippen LogP contribution in [-0.2, 0) is 6.42 Å². The van der Waals surface area contributed by atoms with Gasteiger partial charge in [-0.2, -0.15) is 0 Å². The summed E-state index contributed by atoms with van der Waals surface area (Å²) >= 11 is 5.43. The van der Waals surface area contributed by atoms with Crippen molar-refractivity contribution < 1.29 is 0 Å². The summed E-state index contributed by atoms with van der Waals surface area (Å²) in [5.74, 6) is 0.931. The smallest absolute Gasteiger partial charge is 0.0285 e. The van der Waals surface area contributed by atoms with Crippen LogP contribution in [0.2, 0.25) is 0 Å². The molecule has 1 unspecified atom stereocenters. The first-order chi connectivity index (χ1) is 8.79. The van der Waals surface area contributed by atoms with Crippen molar-refractivity contribution in [2.24, 2.45) is 5.92 Å². The first kappa shape index (κ1) is 14.5. The summed E-state index contributed by atoms with van der Waals surface area (Å²) in [6.45, 7) is 3.43. The second-order valence-corrected chi connectivity index (χ2v) is 7.29. The van der Waals surface area contributed by atoms with Crippen molar-refractivity contribution in [1.29, 1.82) is 0 Å². The highest BCUT2D eigenvalue weighted by atomic mass is 79.9. The predicted octanol–water partition coefficient (Wildman–Crippen LogP) is 5.00. The first-order valence-electron chi connectivity index (χ1n) is 7.26. The van der Waals surface area contributed by atoms with E-state index in [1.807, 2.05) is 11.3 Å². The minimum Gasteiger partial charge on any atom is -0.314 e. The van der Waals surface area contributed by atoms with Gasteiger partial charge in [0.2, 0.25) is 0 Å². The Morgan fingerprint density at radius 3 is 2.83 bits per heavy atom. The number of aryl methyl sites for hydroxylation is 1. The van der Waals surface area contributed by atoms with Crippen LogP contribution in [0.4, 0.5) is 0 Å². The molecular formula is C15H24BrNS. The SMILES string of the molecule is CCCNC(CCc1cc(Br)cs1)C1CCCC1. The van der Waals surface area contributed by atoms with Crippen LogP contribution < -0.4 is 5.32 Å². The molecule has 1 atom stereocenters. The first-order valence-corrected chi connectivity index (χ1v) is 8.93.